The monoisotopic (exact) mass is 381 g/mol. The summed E-state index contributed by atoms with van der Waals surface area (Å²) < 4.78 is 64.3. The lowest BCUT2D eigenvalue weighted by Gasteiger charge is -2.17. The van der Waals surface area contributed by atoms with Crippen molar-refractivity contribution < 1.29 is 26.7 Å². The van der Waals surface area contributed by atoms with Crippen molar-refractivity contribution in [1.29, 1.82) is 0 Å². The van der Waals surface area contributed by atoms with E-state index in [-0.39, 0.29) is 18.3 Å². The highest BCUT2D eigenvalue weighted by Gasteiger charge is 2.33. The highest BCUT2D eigenvalue weighted by atomic mass is 32.2. The summed E-state index contributed by atoms with van der Waals surface area (Å²) in [4.78, 5) is 0. The molecule has 0 aliphatic carbocycles. The summed E-state index contributed by atoms with van der Waals surface area (Å²) in [6.07, 6.45) is 0.657. The summed E-state index contributed by atoms with van der Waals surface area (Å²) >= 11 is 0. The molecule has 2 aliphatic rings. The molecule has 5 nitrogen and oxygen atoms in total. The van der Waals surface area contributed by atoms with Crippen molar-refractivity contribution in [2.45, 2.75) is 18.1 Å². The van der Waals surface area contributed by atoms with Gasteiger partial charge in [-0.15, -0.1) is 0 Å². The van der Waals surface area contributed by atoms with E-state index in [0.717, 1.165) is 23.8 Å². The van der Waals surface area contributed by atoms with Crippen LogP contribution in [0.1, 0.15) is 23.5 Å². The molecule has 1 fully saturated rings. The molecule has 0 spiro atoms. The zero-order valence-corrected chi connectivity index (χ0v) is 14.6. The fraction of sp³-hybridized carbons (Fsp3) is 0.333. The molecule has 0 saturated carbocycles. The van der Waals surface area contributed by atoms with E-state index < -0.39 is 27.4 Å². The van der Waals surface area contributed by atoms with Gasteiger partial charge in [-0.1, -0.05) is 6.07 Å². The van der Waals surface area contributed by atoms with E-state index in [0.29, 0.717) is 31.0 Å². The van der Waals surface area contributed by atoms with Crippen LogP contribution < -0.4 is 9.47 Å². The molecule has 8 heteroatoms. The van der Waals surface area contributed by atoms with Crippen LogP contribution in [0, 0.1) is 11.6 Å². The SMILES string of the molecule is O=S(=O)(Cc1cc(F)ccc1F)N1CCC(c2ccc3c(c2)OCO3)C1. The first-order valence-corrected chi connectivity index (χ1v) is 9.84. The highest BCUT2D eigenvalue weighted by Crippen LogP contribution is 2.37. The number of rotatable bonds is 4. The predicted molar refractivity (Wildman–Crippen MR) is 90.5 cm³/mol. The molecule has 2 aromatic carbocycles. The van der Waals surface area contributed by atoms with E-state index in [1.54, 1.807) is 0 Å². The third kappa shape index (κ3) is 3.26. The van der Waals surface area contributed by atoms with Crippen molar-refractivity contribution in [2.75, 3.05) is 19.9 Å². The molecule has 1 unspecified atom stereocenters. The van der Waals surface area contributed by atoms with Crippen LogP contribution in [0.5, 0.6) is 11.5 Å². The Morgan fingerprint density at radius 2 is 1.88 bits per heavy atom. The minimum absolute atomic E-state index is 0.0247. The van der Waals surface area contributed by atoms with E-state index in [9.17, 15) is 17.2 Å². The molecule has 0 N–H and O–H groups in total. The number of hydrogen-bond donors (Lipinski definition) is 0. The lowest BCUT2D eigenvalue weighted by molar-refractivity contribution is 0.174. The minimum atomic E-state index is -3.73. The van der Waals surface area contributed by atoms with E-state index >= 15 is 0 Å². The molecule has 26 heavy (non-hydrogen) atoms. The molecule has 0 amide bonds. The summed E-state index contributed by atoms with van der Waals surface area (Å²) in [5.41, 5.74) is 0.820. The molecule has 4 rings (SSSR count). The van der Waals surface area contributed by atoms with Crippen LogP contribution in [0.3, 0.4) is 0 Å². The molecule has 1 saturated heterocycles. The van der Waals surface area contributed by atoms with Crippen LogP contribution in [0.2, 0.25) is 0 Å². The lowest BCUT2D eigenvalue weighted by atomic mass is 9.98. The van der Waals surface area contributed by atoms with Crippen LogP contribution in [0.15, 0.2) is 36.4 Å². The van der Waals surface area contributed by atoms with Gasteiger partial charge in [-0.2, -0.15) is 0 Å². The van der Waals surface area contributed by atoms with Crippen molar-refractivity contribution in [3.63, 3.8) is 0 Å². The third-order valence-electron chi connectivity index (χ3n) is 4.76. The van der Waals surface area contributed by atoms with Crippen molar-refractivity contribution in [1.82, 2.24) is 4.31 Å². The van der Waals surface area contributed by atoms with Crippen LogP contribution in [-0.4, -0.2) is 32.6 Å². The zero-order chi connectivity index (χ0) is 18.3. The predicted octanol–water partition coefficient (Wildman–Crippen LogP) is 3.01. The molecule has 0 radical (unpaired) electrons. The Bertz CT molecular complexity index is 948. The van der Waals surface area contributed by atoms with E-state index in [2.05, 4.69) is 0 Å². The van der Waals surface area contributed by atoms with E-state index in [1.165, 1.54) is 4.31 Å². The molecule has 2 aromatic rings. The fourth-order valence-corrected chi connectivity index (χ4v) is 4.95. The van der Waals surface area contributed by atoms with Gasteiger partial charge in [-0.3, -0.25) is 0 Å². The Hall–Kier alpha value is -2.19. The number of nitrogens with zero attached hydrogens (tertiary/aromatic N) is 1. The maximum atomic E-state index is 13.8. The van der Waals surface area contributed by atoms with Gasteiger partial charge >= 0.3 is 0 Å². The Morgan fingerprint density at radius 3 is 2.73 bits per heavy atom. The van der Waals surface area contributed by atoms with Crippen molar-refractivity contribution >= 4 is 10.0 Å². The van der Waals surface area contributed by atoms with Crippen molar-refractivity contribution in [2.24, 2.45) is 0 Å². The molecule has 2 aliphatic heterocycles. The number of ether oxygens (including phenoxy) is 2. The maximum Gasteiger partial charge on any atom is 0.231 e. The van der Waals surface area contributed by atoms with Crippen LogP contribution in [0.4, 0.5) is 8.78 Å². The largest absolute Gasteiger partial charge is 0.454 e. The Kier molecular flexibility index (Phi) is 4.32. The summed E-state index contributed by atoms with van der Waals surface area (Å²) in [6, 6.07) is 8.43. The topological polar surface area (TPSA) is 55.8 Å². The summed E-state index contributed by atoms with van der Waals surface area (Å²) in [6.45, 7) is 0.834. The normalized spacial score (nSPS) is 19.8. The fourth-order valence-electron chi connectivity index (χ4n) is 3.36. The van der Waals surface area contributed by atoms with Crippen molar-refractivity contribution in [3.8, 4) is 11.5 Å². The average Bonchev–Trinajstić information content (AvgIpc) is 3.26. The van der Waals surface area contributed by atoms with Gasteiger partial charge in [0, 0.05) is 18.7 Å². The Balaban J connectivity index is 1.50. The van der Waals surface area contributed by atoms with Crippen LogP contribution in [-0.2, 0) is 15.8 Å². The second-order valence-corrected chi connectivity index (χ2v) is 8.42. The average molecular weight is 381 g/mol. The number of hydrogen-bond acceptors (Lipinski definition) is 4. The summed E-state index contributed by atoms with van der Waals surface area (Å²) in [7, 11) is -3.73. The Morgan fingerprint density at radius 1 is 1.08 bits per heavy atom. The second-order valence-electron chi connectivity index (χ2n) is 6.45. The smallest absolute Gasteiger partial charge is 0.231 e. The number of halogens is 2. The van der Waals surface area contributed by atoms with Gasteiger partial charge in [0.2, 0.25) is 16.8 Å². The van der Waals surface area contributed by atoms with Crippen LogP contribution >= 0.6 is 0 Å². The number of benzene rings is 2. The first-order chi connectivity index (χ1) is 12.4. The van der Waals surface area contributed by atoms with E-state index in [1.807, 2.05) is 18.2 Å². The Labute approximate surface area is 150 Å². The second kappa shape index (κ2) is 6.51. The molecular formula is C18H17F2NO4S. The molecular weight excluding hydrogens is 364 g/mol. The van der Waals surface area contributed by atoms with Gasteiger partial charge in [0.25, 0.3) is 0 Å². The number of sulfonamides is 1. The quantitative estimate of drug-likeness (QED) is 0.817. The van der Waals surface area contributed by atoms with Gasteiger partial charge in [-0.05, 0) is 48.2 Å². The zero-order valence-electron chi connectivity index (χ0n) is 13.8. The van der Waals surface area contributed by atoms with E-state index in [4.69, 9.17) is 9.47 Å². The first kappa shape index (κ1) is 17.2. The van der Waals surface area contributed by atoms with Crippen molar-refractivity contribution in [3.05, 3.63) is 59.2 Å². The minimum Gasteiger partial charge on any atom is -0.454 e. The molecule has 0 bridgehead atoms. The first-order valence-electron chi connectivity index (χ1n) is 8.24. The van der Waals surface area contributed by atoms with Gasteiger partial charge in [0.05, 0.1) is 5.75 Å². The van der Waals surface area contributed by atoms with Crippen LogP contribution in [0.25, 0.3) is 0 Å². The highest BCUT2D eigenvalue weighted by molar-refractivity contribution is 7.88. The summed E-state index contributed by atoms with van der Waals surface area (Å²) in [5.74, 6) is -0.567. The van der Waals surface area contributed by atoms with Gasteiger partial charge < -0.3 is 9.47 Å². The standard InChI is InChI=1S/C18H17F2NO4S/c19-15-2-3-16(20)14(7-15)10-26(22,23)21-6-5-13(9-21)12-1-4-17-18(8-12)25-11-24-17/h1-4,7-8,13H,5-6,9-11H2. The van der Waals surface area contributed by atoms with Gasteiger partial charge in [-0.25, -0.2) is 21.5 Å². The third-order valence-corrected chi connectivity index (χ3v) is 6.55. The molecule has 0 aromatic heterocycles. The molecule has 138 valence electrons. The molecule has 1 atom stereocenters. The van der Waals surface area contributed by atoms with Gasteiger partial charge in [0.15, 0.2) is 11.5 Å². The summed E-state index contributed by atoms with van der Waals surface area (Å²) in [5, 5.41) is 0. The lowest BCUT2D eigenvalue weighted by Crippen LogP contribution is -2.30. The number of fused-ring (bicyclic) bond motifs is 1. The van der Waals surface area contributed by atoms with Gasteiger partial charge in [0.1, 0.15) is 11.6 Å². The molecule has 2 heterocycles. The maximum absolute atomic E-state index is 13.8.